The van der Waals surface area contributed by atoms with Crippen molar-refractivity contribution in [3.8, 4) is 22.4 Å². The quantitative estimate of drug-likeness (QED) is 0.132. The van der Waals surface area contributed by atoms with E-state index in [1.165, 1.54) is 83.0 Å². The van der Waals surface area contributed by atoms with E-state index in [1.54, 1.807) is 16.7 Å². The molecule has 0 saturated heterocycles. The third-order valence-corrected chi connectivity index (χ3v) is 12.5. The Hall–Kier alpha value is -3.88. The van der Waals surface area contributed by atoms with Crippen LogP contribution in [0.1, 0.15) is 83.0 Å². The van der Waals surface area contributed by atoms with Gasteiger partial charge >= 0.3 is 0 Å². The van der Waals surface area contributed by atoms with Gasteiger partial charge in [-0.05, 0) is 156 Å². The first-order valence-electron chi connectivity index (χ1n) is 18.9. The molecule has 0 radical (unpaired) electrons. The Bertz CT molecular complexity index is 2070. The standard InChI is InChI=1S/C49H47N.Hf/c1-34-43(28-35-15-5-2-6-16-35)47(42-22-12-11-21-41(42)46-23-13-14-24-50-46)45(30-37-19-9-4-10-20-37)48(44(34)29-36-17-7-3-8-18-36)49-31-38-25-39(32-49)27-40(26-38)33-49;/h2-24,38-40H,25-33H2,1H3;. The number of benzene rings is 5. The summed E-state index contributed by atoms with van der Waals surface area (Å²) in [6.07, 6.45) is 13.2. The van der Waals surface area contributed by atoms with E-state index in [9.17, 15) is 0 Å². The van der Waals surface area contributed by atoms with E-state index in [0.717, 1.165) is 42.7 Å². The Morgan fingerprint density at radius 1 is 0.510 bits per heavy atom. The van der Waals surface area contributed by atoms with E-state index in [1.807, 2.05) is 12.3 Å². The van der Waals surface area contributed by atoms with E-state index < -0.39 is 0 Å². The number of rotatable bonds is 9. The van der Waals surface area contributed by atoms with Crippen LogP contribution < -0.4 is 0 Å². The van der Waals surface area contributed by atoms with E-state index in [0.29, 0.717) is 0 Å². The minimum absolute atomic E-state index is 0. The zero-order valence-corrected chi connectivity index (χ0v) is 33.4. The molecule has 51 heavy (non-hydrogen) atoms. The summed E-state index contributed by atoms with van der Waals surface area (Å²) in [5.41, 5.74) is 17.3. The summed E-state index contributed by atoms with van der Waals surface area (Å²) in [6.45, 7) is 2.47. The minimum atomic E-state index is 0. The van der Waals surface area contributed by atoms with Crippen molar-refractivity contribution in [1.82, 2.24) is 4.98 Å². The summed E-state index contributed by atoms with van der Waals surface area (Å²) in [5.74, 6) is 2.59. The van der Waals surface area contributed by atoms with E-state index in [-0.39, 0.29) is 31.3 Å². The van der Waals surface area contributed by atoms with Crippen molar-refractivity contribution in [3.63, 3.8) is 0 Å². The molecule has 1 aromatic heterocycles. The van der Waals surface area contributed by atoms with E-state index in [4.69, 9.17) is 4.98 Å². The molecule has 2 heteroatoms. The smallest absolute Gasteiger partial charge is 0.0708 e. The molecule has 4 aliphatic carbocycles. The topological polar surface area (TPSA) is 12.9 Å². The van der Waals surface area contributed by atoms with Gasteiger partial charge in [-0.3, -0.25) is 4.98 Å². The first-order chi connectivity index (χ1) is 24.6. The largest absolute Gasteiger partial charge is 0.256 e. The van der Waals surface area contributed by atoms with Crippen LogP contribution in [0.15, 0.2) is 140 Å². The van der Waals surface area contributed by atoms with Crippen molar-refractivity contribution in [3.05, 3.63) is 184 Å². The Kier molecular flexibility index (Phi) is 9.81. The van der Waals surface area contributed by atoms with Crippen LogP contribution in [0.3, 0.4) is 0 Å². The van der Waals surface area contributed by atoms with Gasteiger partial charge in [-0.25, -0.2) is 0 Å². The second kappa shape index (κ2) is 14.6. The molecule has 0 amide bonds. The van der Waals surface area contributed by atoms with Crippen molar-refractivity contribution < 1.29 is 25.8 Å². The molecule has 0 aliphatic heterocycles. The van der Waals surface area contributed by atoms with Gasteiger partial charge in [0, 0.05) is 37.6 Å². The Balaban J connectivity index is 0.00000374. The Morgan fingerprint density at radius 3 is 1.47 bits per heavy atom. The van der Waals surface area contributed by atoms with Gasteiger partial charge in [0.05, 0.1) is 5.69 Å². The van der Waals surface area contributed by atoms with Crippen LogP contribution in [0.25, 0.3) is 22.4 Å². The predicted molar refractivity (Wildman–Crippen MR) is 207 cm³/mol. The summed E-state index contributed by atoms with van der Waals surface area (Å²) in [5, 5.41) is 0. The molecule has 0 unspecified atom stereocenters. The maximum atomic E-state index is 4.94. The summed E-state index contributed by atoms with van der Waals surface area (Å²) < 4.78 is 0. The van der Waals surface area contributed by atoms with Crippen molar-refractivity contribution in [2.24, 2.45) is 17.8 Å². The van der Waals surface area contributed by atoms with Crippen LogP contribution in [0, 0.1) is 24.7 Å². The second-order valence-corrected chi connectivity index (χ2v) is 15.8. The van der Waals surface area contributed by atoms with Gasteiger partial charge in [0.15, 0.2) is 0 Å². The summed E-state index contributed by atoms with van der Waals surface area (Å²) in [4.78, 5) is 4.94. The molecule has 4 aliphatic rings. The number of pyridine rings is 1. The zero-order valence-electron chi connectivity index (χ0n) is 29.8. The van der Waals surface area contributed by atoms with Gasteiger partial charge in [0.25, 0.3) is 0 Å². The fourth-order valence-corrected chi connectivity index (χ4v) is 10.9. The molecule has 6 aromatic rings. The van der Waals surface area contributed by atoms with Crippen LogP contribution in [0.2, 0.25) is 0 Å². The zero-order chi connectivity index (χ0) is 33.5. The molecule has 4 saturated carbocycles. The van der Waals surface area contributed by atoms with Crippen molar-refractivity contribution in [1.29, 1.82) is 0 Å². The average Bonchev–Trinajstić information content (AvgIpc) is 3.15. The fraction of sp³-hybridized carbons (Fsp3) is 0.286. The molecule has 4 bridgehead atoms. The first kappa shape index (κ1) is 34.2. The molecule has 0 atom stereocenters. The molecule has 0 spiro atoms. The maximum Gasteiger partial charge on any atom is 0.0708 e. The van der Waals surface area contributed by atoms with Crippen molar-refractivity contribution in [2.45, 2.75) is 70.1 Å². The summed E-state index contributed by atoms with van der Waals surface area (Å²) in [7, 11) is 0. The Morgan fingerprint density at radius 2 is 0.961 bits per heavy atom. The van der Waals surface area contributed by atoms with Crippen LogP contribution >= 0.6 is 0 Å². The number of nitrogens with zero attached hydrogens (tertiary/aromatic N) is 1. The summed E-state index contributed by atoms with van der Waals surface area (Å²) in [6, 6.07) is 49.3. The van der Waals surface area contributed by atoms with Gasteiger partial charge in [0.1, 0.15) is 0 Å². The molecule has 1 nitrogen and oxygen atoms in total. The monoisotopic (exact) mass is 829 g/mol. The van der Waals surface area contributed by atoms with Gasteiger partial charge in [-0.1, -0.05) is 121 Å². The SMILES string of the molecule is Cc1c(Cc2ccccc2)c(-c2ccccc2-c2ccccn2)c(Cc2ccccc2)c(C23CC4CC(CC(C4)C2)C3)c1Cc1ccccc1.[Hf]. The van der Waals surface area contributed by atoms with Crippen molar-refractivity contribution >= 4 is 0 Å². The predicted octanol–water partition coefficient (Wildman–Crippen LogP) is 12.0. The van der Waals surface area contributed by atoms with Crippen LogP contribution in [0.4, 0.5) is 0 Å². The second-order valence-electron chi connectivity index (χ2n) is 15.8. The Labute approximate surface area is 323 Å². The van der Waals surface area contributed by atoms with E-state index >= 15 is 0 Å². The molecular formula is C49H47HfN. The number of aromatic nitrogens is 1. The maximum absolute atomic E-state index is 4.94. The third-order valence-electron chi connectivity index (χ3n) is 12.5. The van der Waals surface area contributed by atoms with Gasteiger partial charge in [0.2, 0.25) is 0 Å². The molecule has 4 fully saturated rings. The molecule has 252 valence electrons. The number of hydrogen-bond acceptors (Lipinski definition) is 1. The third kappa shape index (κ3) is 6.66. The molecule has 10 rings (SSSR count). The van der Waals surface area contributed by atoms with Crippen molar-refractivity contribution in [2.75, 3.05) is 0 Å². The van der Waals surface area contributed by atoms with Crippen LogP contribution in [0.5, 0.6) is 0 Å². The molecule has 1 heterocycles. The van der Waals surface area contributed by atoms with E-state index in [2.05, 4.69) is 134 Å². The molecule has 5 aromatic carbocycles. The number of hydrogen-bond donors (Lipinski definition) is 0. The first-order valence-corrected chi connectivity index (χ1v) is 18.9. The van der Waals surface area contributed by atoms with Gasteiger partial charge in [-0.15, -0.1) is 0 Å². The molecular weight excluding hydrogens is 781 g/mol. The fourth-order valence-electron chi connectivity index (χ4n) is 10.9. The molecule has 0 N–H and O–H groups in total. The van der Waals surface area contributed by atoms with Crippen LogP contribution in [-0.2, 0) is 50.5 Å². The van der Waals surface area contributed by atoms with Gasteiger partial charge < -0.3 is 0 Å². The average molecular weight is 828 g/mol. The van der Waals surface area contributed by atoms with Crippen LogP contribution in [-0.4, -0.2) is 4.98 Å². The minimum Gasteiger partial charge on any atom is -0.256 e. The van der Waals surface area contributed by atoms with Gasteiger partial charge in [-0.2, -0.15) is 0 Å². The normalized spacial score (nSPS) is 21.7. The summed E-state index contributed by atoms with van der Waals surface area (Å²) >= 11 is 0.